The van der Waals surface area contributed by atoms with E-state index >= 15 is 0 Å². The second-order valence-corrected chi connectivity index (χ2v) is 4.26. The molecule has 0 unspecified atom stereocenters. The lowest BCUT2D eigenvalue weighted by molar-refractivity contribution is -0.139. The maximum Gasteiger partial charge on any atom is 0.326 e. The summed E-state index contributed by atoms with van der Waals surface area (Å²) >= 11 is 0. The van der Waals surface area contributed by atoms with E-state index in [2.05, 4.69) is 27.2 Å². The quantitative estimate of drug-likeness (QED) is 0.366. The van der Waals surface area contributed by atoms with E-state index in [0.717, 1.165) is 6.42 Å². The number of H-pyrrole nitrogens is 1. The summed E-state index contributed by atoms with van der Waals surface area (Å²) in [6.45, 7) is 4.78. The number of aromatic nitrogens is 2. The van der Waals surface area contributed by atoms with E-state index in [1.807, 2.05) is 0 Å². The Morgan fingerprint density at radius 2 is 2.33 bits per heavy atom. The SMILES string of the molecule is C=CCCOCCNC(=O)N[C@H](Cc1cnc[nH]1)C(=O)O. The summed E-state index contributed by atoms with van der Waals surface area (Å²) in [4.78, 5) is 29.3. The Morgan fingerprint density at radius 3 is 2.95 bits per heavy atom. The molecule has 0 aliphatic heterocycles. The molecule has 0 fully saturated rings. The Balaban J connectivity index is 2.26. The van der Waals surface area contributed by atoms with Gasteiger partial charge in [0.2, 0.25) is 0 Å². The molecular weight excluding hydrogens is 276 g/mol. The number of carboxylic acids is 1. The van der Waals surface area contributed by atoms with Crippen molar-refractivity contribution in [3.63, 3.8) is 0 Å². The first-order valence-corrected chi connectivity index (χ1v) is 6.56. The molecule has 0 aromatic carbocycles. The van der Waals surface area contributed by atoms with Crippen LogP contribution in [0, 0.1) is 0 Å². The van der Waals surface area contributed by atoms with Crippen LogP contribution in [-0.2, 0) is 16.0 Å². The highest BCUT2D eigenvalue weighted by Gasteiger charge is 2.20. The predicted octanol–water partition coefficient (Wildman–Crippen LogP) is 0.297. The van der Waals surface area contributed by atoms with Gasteiger partial charge in [-0.3, -0.25) is 0 Å². The lowest BCUT2D eigenvalue weighted by Gasteiger charge is -2.14. The van der Waals surface area contributed by atoms with Crippen molar-refractivity contribution in [2.75, 3.05) is 19.8 Å². The van der Waals surface area contributed by atoms with Crippen LogP contribution in [0.1, 0.15) is 12.1 Å². The van der Waals surface area contributed by atoms with Crippen LogP contribution in [0.15, 0.2) is 25.2 Å². The molecule has 1 rings (SSSR count). The molecule has 8 nitrogen and oxygen atoms in total. The monoisotopic (exact) mass is 296 g/mol. The normalized spacial score (nSPS) is 11.6. The minimum absolute atomic E-state index is 0.137. The number of carbonyl (C=O) groups is 2. The maximum absolute atomic E-state index is 11.6. The number of carbonyl (C=O) groups excluding carboxylic acids is 1. The number of carboxylic acid groups (broad SMARTS) is 1. The van der Waals surface area contributed by atoms with E-state index in [1.54, 1.807) is 6.08 Å². The van der Waals surface area contributed by atoms with Crippen LogP contribution in [0.4, 0.5) is 4.79 Å². The van der Waals surface area contributed by atoms with Crippen molar-refractivity contribution in [3.8, 4) is 0 Å². The second kappa shape index (κ2) is 9.54. The molecule has 21 heavy (non-hydrogen) atoms. The average molecular weight is 296 g/mol. The lowest BCUT2D eigenvalue weighted by atomic mass is 10.2. The first kappa shape index (κ1) is 16.7. The molecule has 0 spiro atoms. The molecule has 1 heterocycles. The number of imidazole rings is 1. The van der Waals surface area contributed by atoms with Gasteiger partial charge in [-0.15, -0.1) is 6.58 Å². The van der Waals surface area contributed by atoms with Gasteiger partial charge in [0, 0.05) is 24.9 Å². The summed E-state index contributed by atoms with van der Waals surface area (Å²) in [5.41, 5.74) is 0.635. The van der Waals surface area contributed by atoms with E-state index in [1.165, 1.54) is 12.5 Å². The summed E-state index contributed by atoms with van der Waals surface area (Å²) in [5, 5.41) is 14.0. The third kappa shape index (κ3) is 7.11. The fourth-order valence-corrected chi connectivity index (χ4v) is 1.53. The Labute approximate surface area is 122 Å². The van der Waals surface area contributed by atoms with Gasteiger partial charge in [-0.2, -0.15) is 0 Å². The number of aromatic amines is 1. The van der Waals surface area contributed by atoms with E-state index < -0.39 is 18.0 Å². The highest BCUT2D eigenvalue weighted by atomic mass is 16.5. The summed E-state index contributed by atoms with van der Waals surface area (Å²) in [6.07, 6.45) is 5.60. The van der Waals surface area contributed by atoms with Crippen LogP contribution in [-0.4, -0.2) is 52.9 Å². The van der Waals surface area contributed by atoms with Gasteiger partial charge >= 0.3 is 12.0 Å². The molecule has 4 N–H and O–H groups in total. The number of ether oxygens (including phenoxy) is 1. The van der Waals surface area contributed by atoms with Crippen LogP contribution >= 0.6 is 0 Å². The lowest BCUT2D eigenvalue weighted by Crippen LogP contribution is -2.47. The van der Waals surface area contributed by atoms with Crippen molar-refractivity contribution in [2.45, 2.75) is 18.9 Å². The number of amides is 2. The van der Waals surface area contributed by atoms with Crippen LogP contribution in [0.3, 0.4) is 0 Å². The van der Waals surface area contributed by atoms with Gasteiger partial charge in [-0.1, -0.05) is 6.08 Å². The van der Waals surface area contributed by atoms with Gasteiger partial charge in [-0.25, -0.2) is 14.6 Å². The zero-order chi connectivity index (χ0) is 15.5. The van der Waals surface area contributed by atoms with E-state index in [4.69, 9.17) is 9.84 Å². The highest BCUT2D eigenvalue weighted by molar-refractivity contribution is 5.82. The highest BCUT2D eigenvalue weighted by Crippen LogP contribution is 1.98. The molecule has 0 aliphatic carbocycles. The second-order valence-electron chi connectivity index (χ2n) is 4.26. The van der Waals surface area contributed by atoms with Gasteiger partial charge in [0.15, 0.2) is 0 Å². The third-order valence-electron chi connectivity index (χ3n) is 2.58. The standard InChI is InChI=1S/C13H20N4O4/c1-2-3-5-21-6-4-15-13(20)17-11(12(18)19)7-10-8-14-9-16-10/h2,8-9,11H,1,3-7H2,(H,14,16)(H,18,19)(H2,15,17,20)/t11-/m1/s1. The molecule has 0 bridgehead atoms. The van der Waals surface area contributed by atoms with Crippen molar-refractivity contribution in [3.05, 3.63) is 30.9 Å². The van der Waals surface area contributed by atoms with Crippen LogP contribution in [0.5, 0.6) is 0 Å². The van der Waals surface area contributed by atoms with Crippen molar-refractivity contribution in [1.29, 1.82) is 0 Å². The summed E-state index contributed by atoms with van der Waals surface area (Å²) in [6, 6.07) is -1.57. The number of hydrogen-bond donors (Lipinski definition) is 4. The Hall–Kier alpha value is -2.35. The van der Waals surface area contributed by atoms with Crippen LogP contribution < -0.4 is 10.6 Å². The summed E-state index contributed by atoms with van der Waals surface area (Å²) < 4.78 is 5.22. The number of hydrogen-bond acceptors (Lipinski definition) is 4. The first-order valence-electron chi connectivity index (χ1n) is 6.56. The Kier molecular flexibility index (Phi) is 7.59. The number of rotatable bonds is 10. The molecule has 0 saturated carbocycles. The molecule has 0 radical (unpaired) electrons. The molecule has 1 atom stereocenters. The van der Waals surface area contributed by atoms with E-state index in [0.29, 0.717) is 25.5 Å². The maximum atomic E-state index is 11.6. The zero-order valence-electron chi connectivity index (χ0n) is 11.7. The number of urea groups is 1. The number of aliphatic carboxylic acids is 1. The van der Waals surface area contributed by atoms with Gasteiger partial charge in [0.05, 0.1) is 19.5 Å². The van der Waals surface area contributed by atoms with Crippen molar-refractivity contribution in [2.24, 2.45) is 0 Å². The van der Waals surface area contributed by atoms with E-state index in [9.17, 15) is 9.59 Å². The topological polar surface area (TPSA) is 116 Å². The smallest absolute Gasteiger partial charge is 0.326 e. The molecule has 0 saturated heterocycles. The van der Waals surface area contributed by atoms with Gasteiger partial charge in [-0.05, 0) is 6.42 Å². The number of nitrogens with zero attached hydrogens (tertiary/aromatic N) is 1. The minimum atomic E-state index is -1.11. The number of nitrogens with one attached hydrogen (secondary N) is 3. The average Bonchev–Trinajstić information content (AvgIpc) is 2.95. The zero-order valence-corrected chi connectivity index (χ0v) is 11.7. The summed E-state index contributed by atoms with van der Waals surface area (Å²) in [5.74, 6) is -1.11. The van der Waals surface area contributed by atoms with Crippen LogP contribution in [0.2, 0.25) is 0 Å². The molecule has 2 amide bonds. The Morgan fingerprint density at radius 1 is 1.52 bits per heavy atom. The molecule has 8 heteroatoms. The molecular formula is C13H20N4O4. The summed E-state index contributed by atoms with van der Waals surface area (Å²) in [7, 11) is 0. The molecule has 116 valence electrons. The van der Waals surface area contributed by atoms with Crippen molar-refractivity contribution >= 4 is 12.0 Å². The van der Waals surface area contributed by atoms with Crippen molar-refractivity contribution in [1.82, 2.24) is 20.6 Å². The molecule has 0 aliphatic rings. The van der Waals surface area contributed by atoms with E-state index in [-0.39, 0.29) is 6.42 Å². The fourth-order valence-electron chi connectivity index (χ4n) is 1.53. The largest absolute Gasteiger partial charge is 0.480 e. The first-order chi connectivity index (χ1) is 10.1. The van der Waals surface area contributed by atoms with Gasteiger partial charge in [0.25, 0.3) is 0 Å². The van der Waals surface area contributed by atoms with Crippen molar-refractivity contribution < 1.29 is 19.4 Å². The minimum Gasteiger partial charge on any atom is -0.480 e. The predicted molar refractivity (Wildman–Crippen MR) is 75.9 cm³/mol. The molecule has 1 aromatic rings. The fraction of sp³-hybridized carbons (Fsp3) is 0.462. The Bertz CT molecular complexity index is 447. The van der Waals surface area contributed by atoms with Gasteiger partial charge in [0.1, 0.15) is 6.04 Å². The third-order valence-corrected chi connectivity index (χ3v) is 2.58. The molecule has 1 aromatic heterocycles. The van der Waals surface area contributed by atoms with Crippen LogP contribution in [0.25, 0.3) is 0 Å². The van der Waals surface area contributed by atoms with Gasteiger partial charge < -0.3 is 25.5 Å².